The molecule has 4 nitrogen and oxygen atoms in total. The van der Waals surface area contributed by atoms with Gasteiger partial charge < -0.3 is 14.8 Å². The Hall–Kier alpha value is -2.49. The van der Waals surface area contributed by atoms with Crippen LogP contribution >= 0.6 is 0 Å². The molecule has 1 amide bonds. The Morgan fingerprint density at radius 2 is 1.68 bits per heavy atom. The summed E-state index contributed by atoms with van der Waals surface area (Å²) in [6.45, 7) is 12.3. The minimum atomic E-state index is -0.520. The molecule has 2 aromatic carbocycles. The van der Waals surface area contributed by atoms with E-state index >= 15 is 0 Å². The summed E-state index contributed by atoms with van der Waals surface area (Å²) in [5.74, 6) is 1.84. The van der Waals surface area contributed by atoms with Gasteiger partial charge >= 0.3 is 0 Å². The minimum Gasteiger partial charge on any atom is -0.496 e. The molecule has 0 aliphatic carbocycles. The van der Waals surface area contributed by atoms with Gasteiger partial charge in [0.25, 0.3) is 5.91 Å². The van der Waals surface area contributed by atoms with Gasteiger partial charge in [0, 0.05) is 0 Å². The number of rotatable bonds is 8. The first kappa shape index (κ1) is 21.8. The Bertz CT molecular complexity index is 796. The van der Waals surface area contributed by atoms with Crippen LogP contribution in [0.3, 0.4) is 0 Å². The molecular weight excluding hydrogens is 350 g/mol. The highest BCUT2D eigenvalue weighted by Gasteiger charge is 2.22. The van der Waals surface area contributed by atoms with Crippen molar-refractivity contribution in [2.45, 2.75) is 66.0 Å². The van der Waals surface area contributed by atoms with E-state index in [4.69, 9.17) is 9.47 Å². The van der Waals surface area contributed by atoms with Crippen molar-refractivity contribution < 1.29 is 14.3 Å². The Balaban J connectivity index is 2.15. The standard InChI is InChI=1S/C24H33NO3/c1-8-22(28-19-11-9-16(4)10-12-19)24(26)25-18(6)21-14-20(15(2)3)23(27-7)13-17(21)5/h9-15,18,22H,8H2,1-7H3,(H,25,26)/t18-,22-/m1/s1. The van der Waals surface area contributed by atoms with E-state index in [0.29, 0.717) is 18.1 Å². The van der Waals surface area contributed by atoms with E-state index in [1.807, 2.05) is 58.0 Å². The van der Waals surface area contributed by atoms with Gasteiger partial charge in [0.2, 0.25) is 0 Å². The van der Waals surface area contributed by atoms with E-state index < -0.39 is 6.10 Å². The fourth-order valence-electron chi connectivity index (χ4n) is 3.30. The molecule has 152 valence electrons. The molecule has 0 aliphatic rings. The molecule has 0 unspecified atom stereocenters. The summed E-state index contributed by atoms with van der Waals surface area (Å²) in [7, 11) is 1.69. The summed E-state index contributed by atoms with van der Waals surface area (Å²) >= 11 is 0. The van der Waals surface area contributed by atoms with Crippen LogP contribution < -0.4 is 14.8 Å². The molecule has 2 aromatic rings. The zero-order valence-corrected chi connectivity index (χ0v) is 18.1. The molecule has 0 saturated carbocycles. The highest BCUT2D eigenvalue weighted by molar-refractivity contribution is 5.81. The maximum Gasteiger partial charge on any atom is 0.261 e. The number of carbonyl (C=O) groups excluding carboxylic acids is 1. The van der Waals surface area contributed by atoms with Gasteiger partial charge in [-0.1, -0.05) is 38.5 Å². The number of carbonyl (C=O) groups is 1. The third kappa shape index (κ3) is 5.28. The van der Waals surface area contributed by atoms with Gasteiger partial charge in [-0.3, -0.25) is 4.79 Å². The lowest BCUT2D eigenvalue weighted by Gasteiger charge is -2.23. The van der Waals surface area contributed by atoms with E-state index in [2.05, 4.69) is 25.2 Å². The molecule has 0 heterocycles. The van der Waals surface area contributed by atoms with E-state index in [1.54, 1.807) is 7.11 Å². The number of benzene rings is 2. The highest BCUT2D eigenvalue weighted by Crippen LogP contribution is 2.32. The lowest BCUT2D eigenvalue weighted by Crippen LogP contribution is -2.39. The number of hydrogen-bond acceptors (Lipinski definition) is 3. The molecule has 2 atom stereocenters. The Kier molecular flexibility index (Phi) is 7.50. The van der Waals surface area contributed by atoms with Crippen molar-refractivity contribution in [2.75, 3.05) is 7.11 Å². The highest BCUT2D eigenvalue weighted by atomic mass is 16.5. The Morgan fingerprint density at radius 3 is 2.21 bits per heavy atom. The normalized spacial score (nSPS) is 13.1. The second-order valence-corrected chi connectivity index (χ2v) is 7.66. The zero-order chi connectivity index (χ0) is 20.8. The Labute approximate surface area is 169 Å². The van der Waals surface area contributed by atoms with Crippen LogP contribution in [0.2, 0.25) is 0 Å². The first-order valence-corrected chi connectivity index (χ1v) is 9.98. The predicted molar refractivity (Wildman–Crippen MR) is 114 cm³/mol. The third-order valence-corrected chi connectivity index (χ3v) is 5.03. The summed E-state index contributed by atoms with van der Waals surface area (Å²) in [6.07, 6.45) is 0.0823. The van der Waals surface area contributed by atoms with Crippen molar-refractivity contribution >= 4 is 5.91 Å². The van der Waals surface area contributed by atoms with Gasteiger partial charge in [-0.2, -0.15) is 0 Å². The van der Waals surface area contributed by atoms with E-state index in [1.165, 1.54) is 0 Å². The molecule has 28 heavy (non-hydrogen) atoms. The lowest BCUT2D eigenvalue weighted by molar-refractivity contribution is -0.128. The van der Waals surface area contributed by atoms with Crippen LogP contribution in [0.25, 0.3) is 0 Å². The lowest BCUT2D eigenvalue weighted by atomic mass is 9.93. The molecule has 1 N–H and O–H groups in total. The fourth-order valence-corrected chi connectivity index (χ4v) is 3.30. The van der Waals surface area contributed by atoms with Crippen molar-refractivity contribution in [3.05, 3.63) is 58.7 Å². The number of nitrogens with one attached hydrogen (secondary N) is 1. The quantitative estimate of drug-likeness (QED) is 0.657. The molecule has 0 fully saturated rings. The second-order valence-electron chi connectivity index (χ2n) is 7.66. The average molecular weight is 384 g/mol. The average Bonchev–Trinajstić information content (AvgIpc) is 2.66. The molecule has 0 radical (unpaired) electrons. The SMILES string of the molecule is CC[C@@H](Oc1ccc(C)cc1)C(=O)N[C@H](C)c1cc(C(C)C)c(OC)cc1C. The third-order valence-electron chi connectivity index (χ3n) is 5.03. The van der Waals surface area contributed by atoms with Crippen LogP contribution in [0.5, 0.6) is 11.5 Å². The van der Waals surface area contributed by atoms with Crippen LogP contribution in [0.4, 0.5) is 0 Å². The van der Waals surface area contributed by atoms with Gasteiger partial charge in [-0.05, 0) is 74.1 Å². The van der Waals surface area contributed by atoms with Gasteiger partial charge in [-0.25, -0.2) is 0 Å². The molecular formula is C24H33NO3. The molecule has 0 spiro atoms. The maximum atomic E-state index is 12.8. The van der Waals surface area contributed by atoms with Crippen molar-refractivity contribution in [1.82, 2.24) is 5.32 Å². The number of methoxy groups -OCH3 is 1. The number of amides is 1. The van der Waals surface area contributed by atoms with E-state index in [9.17, 15) is 4.79 Å². The summed E-state index contributed by atoms with van der Waals surface area (Å²) in [5, 5.41) is 3.12. The summed E-state index contributed by atoms with van der Waals surface area (Å²) in [4.78, 5) is 12.8. The summed E-state index contributed by atoms with van der Waals surface area (Å²) in [5.41, 5.74) is 4.51. The topological polar surface area (TPSA) is 47.6 Å². The fraction of sp³-hybridized carbons (Fsp3) is 0.458. The minimum absolute atomic E-state index is 0.100. The molecule has 2 rings (SSSR count). The van der Waals surface area contributed by atoms with Crippen LogP contribution in [-0.4, -0.2) is 19.1 Å². The predicted octanol–water partition coefficient (Wildman–Crippen LogP) is 5.47. The summed E-state index contributed by atoms with van der Waals surface area (Å²) in [6, 6.07) is 11.8. The van der Waals surface area contributed by atoms with E-state index in [0.717, 1.165) is 28.0 Å². The first-order chi connectivity index (χ1) is 13.3. The van der Waals surface area contributed by atoms with Crippen molar-refractivity contribution in [3.8, 4) is 11.5 Å². The first-order valence-electron chi connectivity index (χ1n) is 9.98. The largest absolute Gasteiger partial charge is 0.496 e. The molecule has 4 heteroatoms. The zero-order valence-electron chi connectivity index (χ0n) is 18.1. The van der Waals surface area contributed by atoms with Gasteiger partial charge in [-0.15, -0.1) is 0 Å². The van der Waals surface area contributed by atoms with Crippen LogP contribution in [0.15, 0.2) is 36.4 Å². The number of ether oxygens (including phenoxy) is 2. The van der Waals surface area contributed by atoms with E-state index in [-0.39, 0.29) is 11.9 Å². The number of hydrogen-bond donors (Lipinski definition) is 1. The Morgan fingerprint density at radius 1 is 1.04 bits per heavy atom. The monoisotopic (exact) mass is 383 g/mol. The van der Waals surface area contributed by atoms with Crippen molar-refractivity contribution in [2.24, 2.45) is 0 Å². The van der Waals surface area contributed by atoms with Crippen molar-refractivity contribution in [1.29, 1.82) is 0 Å². The maximum absolute atomic E-state index is 12.8. The smallest absolute Gasteiger partial charge is 0.261 e. The van der Waals surface area contributed by atoms with Crippen LogP contribution in [0.1, 0.15) is 68.3 Å². The van der Waals surface area contributed by atoms with Crippen LogP contribution in [0, 0.1) is 13.8 Å². The van der Waals surface area contributed by atoms with Gasteiger partial charge in [0.15, 0.2) is 6.10 Å². The van der Waals surface area contributed by atoms with Crippen molar-refractivity contribution in [3.63, 3.8) is 0 Å². The molecule has 0 saturated heterocycles. The molecule has 0 aromatic heterocycles. The summed E-state index contributed by atoms with van der Waals surface area (Å²) < 4.78 is 11.4. The van der Waals surface area contributed by atoms with Crippen LogP contribution in [-0.2, 0) is 4.79 Å². The number of aryl methyl sites for hydroxylation is 2. The van der Waals surface area contributed by atoms with Gasteiger partial charge in [0.05, 0.1) is 13.2 Å². The molecule has 0 bridgehead atoms. The second kappa shape index (κ2) is 9.63. The van der Waals surface area contributed by atoms with Gasteiger partial charge in [0.1, 0.15) is 11.5 Å². The molecule has 0 aliphatic heterocycles.